The van der Waals surface area contributed by atoms with Crippen molar-refractivity contribution in [3.05, 3.63) is 58.0 Å². The first kappa shape index (κ1) is 12.5. The summed E-state index contributed by atoms with van der Waals surface area (Å²) in [5.41, 5.74) is 3.11. The maximum atomic E-state index is 4.72. The van der Waals surface area contributed by atoms with Crippen LogP contribution in [-0.4, -0.2) is 9.97 Å². The fourth-order valence-corrected chi connectivity index (χ4v) is 3.05. The van der Waals surface area contributed by atoms with Gasteiger partial charge in [-0.3, -0.25) is 4.98 Å². The third kappa shape index (κ3) is 2.60. The van der Waals surface area contributed by atoms with E-state index < -0.39 is 0 Å². The van der Waals surface area contributed by atoms with E-state index in [0.29, 0.717) is 0 Å². The summed E-state index contributed by atoms with van der Waals surface area (Å²) in [6.07, 6.45) is 1.80. The van der Waals surface area contributed by atoms with Gasteiger partial charge in [0.25, 0.3) is 0 Å². The lowest BCUT2D eigenvalue weighted by molar-refractivity contribution is 1.29. The highest BCUT2D eigenvalue weighted by molar-refractivity contribution is 9.10. The SMILES string of the molecule is Cc1sc(-c2ccccn2)nc1-c1ccc(Br)cc1. The van der Waals surface area contributed by atoms with Crippen LogP contribution in [0.1, 0.15) is 4.88 Å². The lowest BCUT2D eigenvalue weighted by Crippen LogP contribution is -1.82. The summed E-state index contributed by atoms with van der Waals surface area (Å²) in [4.78, 5) is 10.3. The quantitative estimate of drug-likeness (QED) is 0.664. The molecule has 0 aliphatic carbocycles. The van der Waals surface area contributed by atoms with Crippen molar-refractivity contribution in [1.82, 2.24) is 9.97 Å². The van der Waals surface area contributed by atoms with Gasteiger partial charge in [-0.05, 0) is 31.2 Å². The maximum absolute atomic E-state index is 4.72. The van der Waals surface area contributed by atoms with Crippen molar-refractivity contribution in [2.45, 2.75) is 6.92 Å². The summed E-state index contributed by atoms with van der Waals surface area (Å²) in [5.74, 6) is 0. The molecule has 4 heteroatoms. The van der Waals surface area contributed by atoms with Crippen LogP contribution in [0.2, 0.25) is 0 Å². The smallest absolute Gasteiger partial charge is 0.142 e. The number of benzene rings is 1. The van der Waals surface area contributed by atoms with Crippen molar-refractivity contribution >= 4 is 27.3 Å². The average molecular weight is 331 g/mol. The first-order valence-corrected chi connectivity index (χ1v) is 7.50. The zero-order chi connectivity index (χ0) is 13.2. The predicted octanol–water partition coefficient (Wildman–Crippen LogP) is 4.94. The predicted molar refractivity (Wildman–Crippen MR) is 83.2 cm³/mol. The van der Waals surface area contributed by atoms with Crippen molar-refractivity contribution in [2.75, 3.05) is 0 Å². The second-order valence-electron chi connectivity index (χ2n) is 4.15. The Hall–Kier alpha value is -1.52. The van der Waals surface area contributed by atoms with Crippen LogP contribution < -0.4 is 0 Å². The average Bonchev–Trinajstić information content (AvgIpc) is 2.83. The van der Waals surface area contributed by atoms with Gasteiger partial charge in [0, 0.05) is 21.1 Å². The normalized spacial score (nSPS) is 10.6. The second kappa shape index (κ2) is 5.23. The Bertz CT molecular complexity index is 690. The third-order valence-corrected chi connectivity index (χ3v) is 4.32. The Balaban J connectivity index is 2.05. The van der Waals surface area contributed by atoms with Gasteiger partial charge in [0.1, 0.15) is 5.01 Å². The molecule has 0 saturated heterocycles. The molecule has 0 aliphatic heterocycles. The molecule has 2 aromatic heterocycles. The maximum Gasteiger partial charge on any atom is 0.142 e. The van der Waals surface area contributed by atoms with Gasteiger partial charge in [-0.2, -0.15) is 0 Å². The number of aryl methyl sites for hydroxylation is 1. The monoisotopic (exact) mass is 330 g/mol. The number of rotatable bonds is 2. The minimum Gasteiger partial charge on any atom is -0.254 e. The van der Waals surface area contributed by atoms with E-state index in [4.69, 9.17) is 4.98 Å². The number of nitrogens with zero attached hydrogens (tertiary/aromatic N) is 2. The third-order valence-electron chi connectivity index (χ3n) is 2.80. The lowest BCUT2D eigenvalue weighted by atomic mass is 10.1. The number of hydrogen-bond donors (Lipinski definition) is 0. The summed E-state index contributed by atoms with van der Waals surface area (Å²) in [5, 5.41) is 0.969. The van der Waals surface area contributed by atoms with E-state index in [2.05, 4.69) is 40.0 Å². The minimum absolute atomic E-state index is 0.930. The summed E-state index contributed by atoms with van der Waals surface area (Å²) in [6, 6.07) is 14.1. The van der Waals surface area contributed by atoms with Crippen molar-refractivity contribution in [2.24, 2.45) is 0 Å². The fraction of sp³-hybridized carbons (Fsp3) is 0.0667. The first-order chi connectivity index (χ1) is 9.24. The number of hydrogen-bond acceptors (Lipinski definition) is 3. The van der Waals surface area contributed by atoms with E-state index >= 15 is 0 Å². The molecule has 1 aromatic carbocycles. The summed E-state index contributed by atoms with van der Waals surface area (Å²) < 4.78 is 1.08. The topological polar surface area (TPSA) is 25.8 Å². The van der Waals surface area contributed by atoms with Gasteiger partial charge < -0.3 is 0 Å². The molecular formula is C15H11BrN2S. The van der Waals surface area contributed by atoms with Gasteiger partial charge in [-0.1, -0.05) is 34.1 Å². The first-order valence-electron chi connectivity index (χ1n) is 5.89. The molecule has 0 spiro atoms. The van der Waals surface area contributed by atoms with Gasteiger partial charge in [0.15, 0.2) is 0 Å². The number of halogens is 1. The molecule has 2 heterocycles. The summed E-state index contributed by atoms with van der Waals surface area (Å²) >= 11 is 5.13. The van der Waals surface area contributed by atoms with Gasteiger partial charge in [-0.25, -0.2) is 4.98 Å². The highest BCUT2D eigenvalue weighted by Gasteiger charge is 2.11. The van der Waals surface area contributed by atoms with Crippen LogP contribution >= 0.6 is 27.3 Å². The Kier molecular flexibility index (Phi) is 3.44. The van der Waals surface area contributed by atoms with E-state index in [0.717, 1.165) is 26.4 Å². The molecule has 0 fully saturated rings. The molecule has 0 N–H and O–H groups in total. The van der Waals surface area contributed by atoms with Crippen molar-refractivity contribution < 1.29 is 0 Å². The zero-order valence-electron chi connectivity index (χ0n) is 10.3. The Morgan fingerprint density at radius 3 is 2.53 bits per heavy atom. The van der Waals surface area contributed by atoms with E-state index in [1.807, 2.05) is 30.3 Å². The van der Waals surface area contributed by atoms with Gasteiger partial charge >= 0.3 is 0 Å². The van der Waals surface area contributed by atoms with E-state index in [-0.39, 0.29) is 0 Å². The molecule has 0 saturated carbocycles. The fourth-order valence-electron chi connectivity index (χ4n) is 1.87. The molecule has 94 valence electrons. The molecule has 19 heavy (non-hydrogen) atoms. The molecule has 0 bridgehead atoms. The molecule has 0 atom stereocenters. The van der Waals surface area contributed by atoms with Crippen LogP contribution in [0.25, 0.3) is 22.0 Å². The molecular weight excluding hydrogens is 320 g/mol. The van der Waals surface area contributed by atoms with Crippen LogP contribution in [0.5, 0.6) is 0 Å². The molecule has 0 unspecified atom stereocenters. The number of aromatic nitrogens is 2. The highest BCUT2D eigenvalue weighted by atomic mass is 79.9. The van der Waals surface area contributed by atoms with Crippen LogP contribution in [0.3, 0.4) is 0 Å². The van der Waals surface area contributed by atoms with Crippen LogP contribution in [0.4, 0.5) is 0 Å². The van der Waals surface area contributed by atoms with Crippen LogP contribution in [0, 0.1) is 6.92 Å². The number of thiazole rings is 1. The van der Waals surface area contributed by atoms with Gasteiger partial charge in [0.05, 0.1) is 11.4 Å². The Morgan fingerprint density at radius 2 is 1.84 bits per heavy atom. The minimum atomic E-state index is 0.930. The Morgan fingerprint density at radius 1 is 1.05 bits per heavy atom. The molecule has 0 aliphatic rings. The van der Waals surface area contributed by atoms with E-state index in [1.165, 1.54) is 4.88 Å². The standard InChI is InChI=1S/C15H11BrN2S/c1-10-14(11-5-7-12(16)8-6-11)18-15(19-10)13-4-2-3-9-17-13/h2-9H,1H3. The molecule has 0 amide bonds. The summed E-state index contributed by atoms with van der Waals surface area (Å²) in [6.45, 7) is 2.10. The highest BCUT2D eigenvalue weighted by Crippen LogP contribution is 2.32. The van der Waals surface area contributed by atoms with Crippen molar-refractivity contribution in [1.29, 1.82) is 0 Å². The molecule has 2 nitrogen and oxygen atoms in total. The van der Waals surface area contributed by atoms with Crippen molar-refractivity contribution in [3.8, 4) is 22.0 Å². The number of pyridine rings is 1. The largest absolute Gasteiger partial charge is 0.254 e. The molecule has 3 aromatic rings. The Labute approximate surface area is 124 Å². The van der Waals surface area contributed by atoms with Gasteiger partial charge in [-0.15, -0.1) is 11.3 Å². The lowest BCUT2D eigenvalue weighted by Gasteiger charge is -1.98. The second-order valence-corrected chi connectivity index (χ2v) is 6.26. The zero-order valence-corrected chi connectivity index (χ0v) is 12.7. The van der Waals surface area contributed by atoms with E-state index in [1.54, 1.807) is 17.5 Å². The molecule has 0 radical (unpaired) electrons. The van der Waals surface area contributed by atoms with E-state index in [9.17, 15) is 0 Å². The van der Waals surface area contributed by atoms with Crippen LogP contribution in [-0.2, 0) is 0 Å². The van der Waals surface area contributed by atoms with Crippen molar-refractivity contribution in [3.63, 3.8) is 0 Å². The molecule has 3 rings (SSSR count). The van der Waals surface area contributed by atoms with Gasteiger partial charge in [0.2, 0.25) is 0 Å². The van der Waals surface area contributed by atoms with Crippen LogP contribution in [0.15, 0.2) is 53.1 Å². The summed E-state index contributed by atoms with van der Waals surface area (Å²) in [7, 11) is 0.